The van der Waals surface area contributed by atoms with E-state index in [-0.39, 0.29) is 11.6 Å². The van der Waals surface area contributed by atoms with E-state index in [2.05, 4.69) is 6.07 Å². The molecule has 0 fully saturated rings. The Morgan fingerprint density at radius 3 is 2.18 bits per heavy atom. The van der Waals surface area contributed by atoms with E-state index < -0.39 is 0 Å². The maximum atomic E-state index is 6.28. The maximum Gasteiger partial charge on any atom is 0.122 e. The van der Waals surface area contributed by atoms with Gasteiger partial charge >= 0.3 is 0 Å². The van der Waals surface area contributed by atoms with Gasteiger partial charge in [0.15, 0.2) is 0 Å². The number of rotatable bonds is 4. The van der Waals surface area contributed by atoms with Crippen molar-refractivity contribution in [3.8, 4) is 5.75 Å². The van der Waals surface area contributed by atoms with E-state index in [9.17, 15) is 0 Å². The highest BCUT2D eigenvalue weighted by Gasteiger charge is 2.28. The first-order valence-corrected chi connectivity index (χ1v) is 5.79. The highest BCUT2D eigenvalue weighted by atomic mass is 16.5. The summed E-state index contributed by atoms with van der Waals surface area (Å²) in [7, 11) is 3.37. The average molecular weight is 237 g/mol. The van der Waals surface area contributed by atoms with Crippen molar-refractivity contribution >= 4 is 0 Å². The van der Waals surface area contributed by atoms with Crippen LogP contribution in [0.1, 0.15) is 36.6 Å². The minimum atomic E-state index is -0.383. The highest BCUT2D eigenvalue weighted by molar-refractivity contribution is 5.43. The van der Waals surface area contributed by atoms with Gasteiger partial charge in [0.1, 0.15) is 5.75 Å². The first-order chi connectivity index (χ1) is 7.83. The summed E-state index contributed by atoms with van der Waals surface area (Å²) in [5.74, 6) is 0.897. The van der Waals surface area contributed by atoms with E-state index in [4.69, 9.17) is 15.2 Å². The van der Waals surface area contributed by atoms with E-state index in [1.807, 2.05) is 33.8 Å². The lowest BCUT2D eigenvalue weighted by atomic mass is 9.88. The van der Waals surface area contributed by atoms with Crippen LogP contribution in [0.4, 0.5) is 0 Å². The van der Waals surface area contributed by atoms with Crippen molar-refractivity contribution in [2.24, 2.45) is 5.73 Å². The van der Waals surface area contributed by atoms with Crippen molar-refractivity contribution in [3.63, 3.8) is 0 Å². The Morgan fingerprint density at radius 2 is 1.71 bits per heavy atom. The molecule has 0 aliphatic heterocycles. The molecule has 17 heavy (non-hydrogen) atoms. The summed E-state index contributed by atoms with van der Waals surface area (Å²) in [5.41, 5.74) is 9.22. The number of aryl methyl sites for hydroxylation is 2. The molecule has 0 saturated heterocycles. The lowest BCUT2D eigenvalue weighted by Crippen LogP contribution is -2.37. The van der Waals surface area contributed by atoms with E-state index in [1.54, 1.807) is 14.2 Å². The normalized spacial score (nSPS) is 13.6. The lowest BCUT2D eigenvalue weighted by Gasteiger charge is -2.31. The Hall–Kier alpha value is -1.06. The molecule has 2 N–H and O–H groups in total. The molecule has 1 unspecified atom stereocenters. The highest BCUT2D eigenvalue weighted by Crippen LogP contribution is 2.32. The molecule has 3 heteroatoms. The molecular formula is C14H23NO2. The van der Waals surface area contributed by atoms with Crippen molar-refractivity contribution in [2.75, 3.05) is 14.2 Å². The van der Waals surface area contributed by atoms with Crippen LogP contribution in [0.2, 0.25) is 0 Å². The van der Waals surface area contributed by atoms with E-state index >= 15 is 0 Å². The predicted octanol–water partition coefficient (Wildman–Crippen LogP) is 2.74. The number of methoxy groups -OCH3 is 2. The third kappa shape index (κ3) is 2.79. The van der Waals surface area contributed by atoms with Gasteiger partial charge < -0.3 is 15.2 Å². The Balaban J connectivity index is 3.19. The third-order valence-electron chi connectivity index (χ3n) is 3.39. The summed E-state index contributed by atoms with van der Waals surface area (Å²) in [5, 5.41) is 0. The van der Waals surface area contributed by atoms with E-state index in [0.29, 0.717) is 0 Å². The smallest absolute Gasteiger partial charge is 0.122 e. The van der Waals surface area contributed by atoms with Gasteiger partial charge in [0.25, 0.3) is 0 Å². The van der Waals surface area contributed by atoms with Gasteiger partial charge in [-0.05, 0) is 50.5 Å². The molecular weight excluding hydrogens is 214 g/mol. The molecule has 3 nitrogen and oxygen atoms in total. The average Bonchev–Trinajstić information content (AvgIpc) is 2.30. The van der Waals surface area contributed by atoms with Gasteiger partial charge in [0.2, 0.25) is 0 Å². The third-order valence-corrected chi connectivity index (χ3v) is 3.39. The summed E-state index contributed by atoms with van der Waals surface area (Å²) in [6.45, 7) is 8.06. The lowest BCUT2D eigenvalue weighted by molar-refractivity contribution is -0.000211. The van der Waals surface area contributed by atoms with Crippen LogP contribution < -0.4 is 10.5 Å². The molecule has 1 aromatic rings. The second kappa shape index (κ2) is 5.07. The number of hydrogen-bond donors (Lipinski definition) is 1. The topological polar surface area (TPSA) is 44.5 Å². The predicted molar refractivity (Wildman–Crippen MR) is 70.5 cm³/mol. The largest absolute Gasteiger partial charge is 0.496 e. The number of benzene rings is 1. The molecule has 0 amide bonds. The van der Waals surface area contributed by atoms with Crippen LogP contribution in [0, 0.1) is 13.8 Å². The molecule has 1 aromatic carbocycles. The fraction of sp³-hybridized carbons (Fsp3) is 0.571. The van der Waals surface area contributed by atoms with E-state index in [1.165, 1.54) is 0 Å². The molecule has 1 rings (SSSR count). The van der Waals surface area contributed by atoms with Crippen LogP contribution in [-0.2, 0) is 4.74 Å². The fourth-order valence-corrected chi connectivity index (χ4v) is 1.87. The minimum Gasteiger partial charge on any atom is -0.496 e. The van der Waals surface area contributed by atoms with Gasteiger partial charge in [-0.15, -0.1) is 0 Å². The van der Waals surface area contributed by atoms with Crippen LogP contribution in [0.15, 0.2) is 12.1 Å². The zero-order valence-electron chi connectivity index (χ0n) is 11.6. The minimum absolute atomic E-state index is 0.155. The van der Waals surface area contributed by atoms with Gasteiger partial charge in [-0.3, -0.25) is 0 Å². The van der Waals surface area contributed by atoms with Crippen molar-refractivity contribution in [1.29, 1.82) is 0 Å². The summed E-state index contributed by atoms with van der Waals surface area (Å²) >= 11 is 0. The molecule has 96 valence electrons. The van der Waals surface area contributed by atoms with Crippen molar-refractivity contribution < 1.29 is 9.47 Å². The number of hydrogen-bond acceptors (Lipinski definition) is 3. The summed E-state index contributed by atoms with van der Waals surface area (Å²) in [4.78, 5) is 0. The molecule has 0 heterocycles. The quantitative estimate of drug-likeness (QED) is 0.875. The standard InChI is InChI=1S/C14H23NO2/c1-9-8-12(16-5)10(2)7-11(9)13(15)14(3,4)17-6/h7-8,13H,15H2,1-6H3. The van der Waals surface area contributed by atoms with Gasteiger partial charge in [0, 0.05) is 7.11 Å². The van der Waals surface area contributed by atoms with Gasteiger partial charge in [-0.25, -0.2) is 0 Å². The van der Waals surface area contributed by atoms with E-state index in [0.717, 1.165) is 22.4 Å². The van der Waals surface area contributed by atoms with Crippen molar-refractivity contribution in [3.05, 3.63) is 28.8 Å². The monoisotopic (exact) mass is 237 g/mol. The second-order valence-corrected chi connectivity index (χ2v) is 4.96. The fourth-order valence-electron chi connectivity index (χ4n) is 1.87. The number of ether oxygens (including phenoxy) is 2. The van der Waals surface area contributed by atoms with Gasteiger partial charge in [-0.1, -0.05) is 6.07 Å². The van der Waals surface area contributed by atoms with Crippen LogP contribution in [0.5, 0.6) is 5.75 Å². The first-order valence-electron chi connectivity index (χ1n) is 5.79. The van der Waals surface area contributed by atoms with Crippen LogP contribution in [0.3, 0.4) is 0 Å². The molecule has 0 bridgehead atoms. The summed E-state index contributed by atoms with van der Waals surface area (Å²) < 4.78 is 10.7. The molecule has 0 aromatic heterocycles. The molecule has 0 aliphatic carbocycles. The Morgan fingerprint density at radius 1 is 1.12 bits per heavy atom. The van der Waals surface area contributed by atoms with Gasteiger partial charge in [0.05, 0.1) is 18.8 Å². The second-order valence-electron chi connectivity index (χ2n) is 4.96. The van der Waals surface area contributed by atoms with Crippen LogP contribution >= 0.6 is 0 Å². The number of nitrogens with two attached hydrogens (primary N) is 1. The van der Waals surface area contributed by atoms with Crippen LogP contribution in [-0.4, -0.2) is 19.8 Å². The maximum absolute atomic E-state index is 6.28. The van der Waals surface area contributed by atoms with Crippen molar-refractivity contribution in [1.82, 2.24) is 0 Å². The molecule has 0 radical (unpaired) electrons. The Bertz CT molecular complexity index is 399. The summed E-state index contributed by atoms with van der Waals surface area (Å²) in [6, 6.07) is 3.95. The van der Waals surface area contributed by atoms with Gasteiger partial charge in [-0.2, -0.15) is 0 Å². The molecule has 0 aliphatic rings. The molecule has 0 spiro atoms. The SMILES string of the molecule is COc1cc(C)c(C(N)C(C)(C)OC)cc1C. The summed E-state index contributed by atoms with van der Waals surface area (Å²) in [6.07, 6.45) is 0. The molecule has 1 atom stereocenters. The zero-order valence-corrected chi connectivity index (χ0v) is 11.6. The Labute approximate surface area is 104 Å². The van der Waals surface area contributed by atoms with Crippen molar-refractivity contribution in [2.45, 2.75) is 39.3 Å². The molecule has 0 saturated carbocycles. The Kier molecular flexibility index (Phi) is 4.17. The van der Waals surface area contributed by atoms with Crippen LogP contribution in [0.25, 0.3) is 0 Å². The first kappa shape index (κ1) is 14.0. The zero-order chi connectivity index (χ0) is 13.2.